The number of nitrogens with two attached hydrogens (primary N) is 4. The third-order valence-corrected chi connectivity index (χ3v) is 2.38. The molecule has 9 heteroatoms. The molecule has 2 rings (SSSR count). The Hall–Kier alpha value is -3.20. The van der Waals surface area contributed by atoms with E-state index in [2.05, 4.69) is 17.2 Å². The molecule has 0 aliphatic heterocycles. The van der Waals surface area contributed by atoms with Crippen LogP contribution in [0, 0.1) is 0 Å². The van der Waals surface area contributed by atoms with Gasteiger partial charge in [-0.05, 0) is 38.1 Å². The smallest absolute Gasteiger partial charge is 0.168 e. The van der Waals surface area contributed by atoms with Crippen LogP contribution in [0.2, 0.25) is 0 Å². The van der Waals surface area contributed by atoms with Crippen molar-refractivity contribution in [2.24, 2.45) is 0 Å². The minimum atomic E-state index is -0.147. The molecule has 0 unspecified atom stereocenters. The molecule has 0 aliphatic carbocycles. The second kappa shape index (κ2) is 14.4. The molecular weight excluding hydrogens is 324 g/mol. The van der Waals surface area contributed by atoms with Gasteiger partial charge in [-0.3, -0.25) is 0 Å². The number of hydrogen-bond acceptors (Lipinski definition) is 9. The SMILES string of the molecule is C=O.CCNc1ccc(N)cc1.CCO.Nc1cc(O)c(N)nc1N. The lowest BCUT2D eigenvalue weighted by Gasteiger charge is -2.01. The number of aliphatic hydroxyl groups is 1. The fourth-order valence-corrected chi connectivity index (χ4v) is 1.35. The van der Waals surface area contributed by atoms with E-state index in [9.17, 15) is 0 Å². The first-order valence-electron chi connectivity index (χ1n) is 7.35. The fourth-order valence-electron chi connectivity index (χ4n) is 1.35. The second-order valence-electron chi connectivity index (χ2n) is 4.34. The van der Waals surface area contributed by atoms with Crippen LogP contribution in [0.3, 0.4) is 0 Å². The zero-order chi connectivity index (χ0) is 19.8. The van der Waals surface area contributed by atoms with Crippen LogP contribution in [-0.4, -0.2) is 35.1 Å². The maximum atomic E-state index is 8.90. The van der Waals surface area contributed by atoms with E-state index in [-0.39, 0.29) is 29.7 Å². The maximum absolute atomic E-state index is 8.90. The average Bonchev–Trinajstić information content (AvgIpc) is 2.59. The van der Waals surface area contributed by atoms with Crippen LogP contribution in [0.15, 0.2) is 30.3 Å². The number of pyridine rings is 1. The van der Waals surface area contributed by atoms with Gasteiger partial charge in [0.2, 0.25) is 0 Å². The summed E-state index contributed by atoms with van der Waals surface area (Å²) in [6, 6.07) is 8.98. The molecule has 1 aromatic carbocycles. The summed E-state index contributed by atoms with van der Waals surface area (Å²) < 4.78 is 0. The van der Waals surface area contributed by atoms with Crippen LogP contribution in [0.1, 0.15) is 13.8 Å². The number of benzene rings is 1. The zero-order valence-corrected chi connectivity index (χ0v) is 14.6. The summed E-state index contributed by atoms with van der Waals surface area (Å²) in [6.45, 7) is 6.94. The minimum absolute atomic E-state index is 0.00769. The highest BCUT2D eigenvalue weighted by Crippen LogP contribution is 2.23. The molecule has 0 saturated heterocycles. The van der Waals surface area contributed by atoms with Gasteiger partial charge >= 0.3 is 0 Å². The Balaban J connectivity index is 0. The van der Waals surface area contributed by atoms with Crippen molar-refractivity contribution in [3.8, 4) is 5.75 Å². The van der Waals surface area contributed by atoms with Gasteiger partial charge in [-0.1, -0.05) is 0 Å². The van der Waals surface area contributed by atoms with Gasteiger partial charge in [-0.2, -0.15) is 0 Å². The number of hydrogen-bond donors (Lipinski definition) is 7. The number of aromatic nitrogens is 1. The second-order valence-corrected chi connectivity index (χ2v) is 4.34. The number of carbonyl (C=O) groups is 1. The van der Waals surface area contributed by atoms with Gasteiger partial charge < -0.3 is 43.3 Å². The van der Waals surface area contributed by atoms with Crippen LogP contribution in [0.4, 0.5) is 28.7 Å². The number of anilines is 5. The third kappa shape index (κ3) is 11.0. The average molecular weight is 352 g/mol. The maximum Gasteiger partial charge on any atom is 0.168 e. The minimum Gasteiger partial charge on any atom is -0.504 e. The van der Waals surface area contributed by atoms with Crippen LogP contribution in [0.25, 0.3) is 0 Å². The van der Waals surface area contributed by atoms with E-state index in [0.717, 1.165) is 17.9 Å². The molecule has 1 heterocycles. The predicted octanol–water partition coefficient (Wildman–Crippen LogP) is 1.05. The summed E-state index contributed by atoms with van der Waals surface area (Å²) in [6.07, 6.45) is 0. The standard InChI is InChI=1S/C8H12N2.C5H8N4O.C2H6O.CH2O/c1-2-10-8-5-3-7(9)4-6-8;6-2-1-3(10)5(8)9-4(2)7;1-2-3;1-2/h3-6,10H,2,9H2,1H3;1,10H,6H2,(H4,7,8,9);3H,2H2,1H3;1H2. The number of rotatable bonds is 2. The quantitative estimate of drug-likeness (QED) is 0.387. The molecule has 25 heavy (non-hydrogen) atoms. The Morgan fingerprint density at radius 3 is 1.92 bits per heavy atom. The van der Waals surface area contributed by atoms with E-state index in [4.69, 9.17) is 37.9 Å². The molecule has 0 radical (unpaired) electrons. The summed E-state index contributed by atoms with van der Waals surface area (Å²) in [5.41, 5.74) is 23.4. The molecule has 0 aliphatic rings. The van der Waals surface area contributed by atoms with Crippen LogP contribution in [0.5, 0.6) is 5.75 Å². The zero-order valence-electron chi connectivity index (χ0n) is 14.6. The Morgan fingerprint density at radius 2 is 1.52 bits per heavy atom. The first-order chi connectivity index (χ1) is 11.8. The molecule has 1 aromatic heterocycles. The fraction of sp³-hybridized carbons (Fsp3) is 0.250. The molecule has 11 N–H and O–H groups in total. The Kier molecular flexibility index (Phi) is 13.9. The normalized spacial score (nSPS) is 8.44. The number of nitrogen functional groups attached to an aromatic ring is 4. The number of aromatic hydroxyl groups is 1. The van der Waals surface area contributed by atoms with Crippen molar-refractivity contribution >= 4 is 35.5 Å². The summed E-state index contributed by atoms with van der Waals surface area (Å²) >= 11 is 0. The number of nitrogens with one attached hydrogen (secondary N) is 1. The van der Waals surface area contributed by atoms with E-state index in [1.54, 1.807) is 6.92 Å². The van der Waals surface area contributed by atoms with Crippen molar-refractivity contribution < 1.29 is 15.0 Å². The highest BCUT2D eigenvalue weighted by molar-refractivity contribution is 5.66. The molecule has 0 amide bonds. The molecular formula is C16H28N6O3. The largest absolute Gasteiger partial charge is 0.504 e. The lowest BCUT2D eigenvalue weighted by molar-refractivity contribution is -0.0979. The lowest BCUT2D eigenvalue weighted by atomic mass is 10.3. The van der Waals surface area contributed by atoms with Crippen molar-refractivity contribution in [2.75, 3.05) is 41.4 Å². The summed E-state index contributed by atoms with van der Waals surface area (Å²) in [4.78, 5) is 11.6. The van der Waals surface area contributed by atoms with Crippen molar-refractivity contribution in [1.82, 2.24) is 4.98 Å². The summed E-state index contributed by atoms with van der Waals surface area (Å²) in [5, 5.41) is 19.7. The number of nitrogens with zero attached hydrogens (tertiary/aromatic N) is 1. The molecule has 140 valence electrons. The van der Waals surface area contributed by atoms with E-state index in [1.807, 2.05) is 31.1 Å². The van der Waals surface area contributed by atoms with Crippen molar-refractivity contribution in [3.05, 3.63) is 30.3 Å². The molecule has 0 saturated carbocycles. The number of carbonyl (C=O) groups excluding carboxylic acids is 1. The molecule has 9 nitrogen and oxygen atoms in total. The van der Waals surface area contributed by atoms with Crippen molar-refractivity contribution in [3.63, 3.8) is 0 Å². The first kappa shape index (κ1) is 24.1. The summed E-state index contributed by atoms with van der Waals surface area (Å²) in [5.74, 6) is -0.0197. The van der Waals surface area contributed by atoms with Gasteiger partial charge in [0.1, 0.15) is 12.6 Å². The van der Waals surface area contributed by atoms with Crippen LogP contribution >= 0.6 is 0 Å². The Bertz CT molecular complexity index is 543. The van der Waals surface area contributed by atoms with E-state index < -0.39 is 0 Å². The van der Waals surface area contributed by atoms with Crippen LogP contribution in [-0.2, 0) is 4.79 Å². The van der Waals surface area contributed by atoms with Crippen LogP contribution < -0.4 is 28.3 Å². The molecule has 2 aromatic rings. The molecule has 0 atom stereocenters. The van der Waals surface area contributed by atoms with Crippen molar-refractivity contribution in [2.45, 2.75) is 13.8 Å². The lowest BCUT2D eigenvalue weighted by Crippen LogP contribution is -2.00. The van der Waals surface area contributed by atoms with E-state index >= 15 is 0 Å². The van der Waals surface area contributed by atoms with Gasteiger partial charge in [0.25, 0.3) is 0 Å². The number of aliphatic hydroxyl groups excluding tert-OH is 1. The molecule has 0 bridgehead atoms. The van der Waals surface area contributed by atoms with Gasteiger partial charge in [0.15, 0.2) is 11.6 Å². The Labute approximate surface area is 147 Å². The van der Waals surface area contributed by atoms with E-state index in [0.29, 0.717) is 0 Å². The molecule has 0 fully saturated rings. The Morgan fingerprint density at radius 1 is 1.04 bits per heavy atom. The van der Waals surface area contributed by atoms with Gasteiger partial charge in [0.05, 0.1) is 5.69 Å². The first-order valence-corrected chi connectivity index (χ1v) is 7.35. The monoisotopic (exact) mass is 352 g/mol. The molecule has 0 spiro atoms. The van der Waals surface area contributed by atoms with Gasteiger partial charge in [-0.15, -0.1) is 0 Å². The van der Waals surface area contributed by atoms with Gasteiger partial charge in [0, 0.05) is 30.6 Å². The van der Waals surface area contributed by atoms with Gasteiger partial charge in [-0.25, -0.2) is 4.98 Å². The topological polar surface area (TPSA) is 187 Å². The van der Waals surface area contributed by atoms with Crippen molar-refractivity contribution in [1.29, 1.82) is 0 Å². The highest BCUT2D eigenvalue weighted by Gasteiger charge is 2.01. The van der Waals surface area contributed by atoms with E-state index in [1.165, 1.54) is 6.07 Å². The third-order valence-electron chi connectivity index (χ3n) is 2.38. The summed E-state index contributed by atoms with van der Waals surface area (Å²) in [7, 11) is 0. The predicted molar refractivity (Wildman–Crippen MR) is 104 cm³/mol. The highest BCUT2D eigenvalue weighted by atomic mass is 16.3.